The third kappa shape index (κ3) is 1.61. The van der Waals surface area contributed by atoms with Crippen molar-refractivity contribution in [3.8, 4) is 0 Å². The minimum atomic E-state index is 0.526. The summed E-state index contributed by atoms with van der Waals surface area (Å²) in [6, 6.07) is 0. The molecule has 6 heteroatoms. The van der Waals surface area contributed by atoms with Crippen molar-refractivity contribution in [2.24, 2.45) is 16.7 Å². The van der Waals surface area contributed by atoms with Gasteiger partial charge in [0.1, 0.15) is 19.7 Å². The van der Waals surface area contributed by atoms with E-state index in [0.717, 1.165) is 0 Å². The van der Waals surface area contributed by atoms with Crippen molar-refractivity contribution in [1.82, 2.24) is 15.6 Å². The molecular weight excluding hydrogens is 120 g/mol. The zero-order chi connectivity index (χ0) is 6.69. The Morgan fingerprint density at radius 3 is 2.89 bits per heavy atom. The van der Waals surface area contributed by atoms with Gasteiger partial charge in [-0.15, -0.1) is 0 Å². The van der Waals surface area contributed by atoms with E-state index >= 15 is 0 Å². The minimum Gasteiger partial charge on any atom is -0.269 e. The van der Waals surface area contributed by atoms with Gasteiger partial charge >= 0.3 is 0 Å². The van der Waals surface area contributed by atoms with Crippen LogP contribution < -0.4 is 17.2 Å². The lowest BCUT2D eigenvalue weighted by Crippen LogP contribution is -2.52. The van der Waals surface area contributed by atoms with Gasteiger partial charge in [0, 0.05) is 0 Å². The first-order chi connectivity index (χ1) is 4.33. The van der Waals surface area contributed by atoms with Crippen LogP contribution in [0.4, 0.5) is 0 Å². The fourth-order valence-electron chi connectivity index (χ4n) is 0.591. The van der Waals surface area contributed by atoms with E-state index < -0.39 is 0 Å². The molecule has 0 amide bonds. The highest BCUT2D eigenvalue weighted by Gasteiger charge is 2.06. The fourth-order valence-corrected chi connectivity index (χ4v) is 0.591. The number of hydrazine groups is 3. The van der Waals surface area contributed by atoms with Crippen LogP contribution in [0.2, 0.25) is 0 Å². The first-order valence-corrected chi connectivity index (χ1v) is 2.55. The lowest BCUT2D eigenvalue weighted by molar-refractivity contribution is 0.144. The van der Waals surface area contributed by atoms with Gasteiger partial charge in [-0.2, -0.15) is 5.53 Å². The van der Waals surface area contributed by atoms with Crippen molar-refractivity contribution in [2.45, 2.75) is 0 Å². The number of nitrogens with one attached hydrogen (secondary N) is 1. The van der Waals surface area contributed by atoms with Crippen molar-refractivity contribution >= 4 is 6.34 Å². The zero-order valence-electron chi connectivity index (χ0n) is 4.99. The normalized spacial score (nSPS) is 20.9. The summed E-state index contributed by atoms with van der Waals surface area (Å²) in [5, 5.41) is 3.10. The van der Waals surface area contributed by atoms with Crippen LogP contribution in [0.3, 0.4) is 0 Å². The summed E-state index contributed by atoms with van der Waals surface area (Å²) in [6.45, 7) is 1.08. The Bertz CT molecular complexity index is 111. The van der Waals surface area contributed by atoms with E-state index in [4.69, 9.17) is 11.7 Å². The first-order valence-electron chi connectivity index (χ1n) is 2.55. The maximum atomic E-state index is 5.38. The van der Waals surface area contributed by atoms with E-state index in [-0.39, 0.29) is 0 Å². The second-order valence-electron chi connectivity index (χ2n) is 1.77. The average Bonchev–Trinajstić information content (AvgIpc) is 1.88. The van der Waals surface area contributed by atoms with Gasteiger partial charge in [0.05, 0.1) is 0 Å². The van der Waals surface area contributed by atoms with Gasteiger partial charge < -0.3 is 0 Å². The first kappa shape index (κ1) is 6.43. The van der Waals surface area contributed by atoms with Gasteiger partial charge in [-0.25, -0.2) is 5.01 Å². The Morgan fingerprint density at radius 2 is 2.44 bits per heavy atom. The Balaban J connectivity index is 2.39. The molecule has 0 fully saturated rings. The highest BCUT2D eigenvalue weighted by molar-refractivity contribution is 5.54. The molecule has 0 atom stereocenters. The highest BCUT2D eigenvalue weighted by Crippen LogP contribution is 1.87. The Hall–Kier alpha value is -0.690. The van der Waals surface area contributed by atoms with Crippen LogP contribution in [0.15, 0.2) is 4.99 Å². The minimum absolute atomic E-state index is 0.526. The number of nitrogens with zero attached hydrogens (tertiary/aromatic N) is 3. The van der Waals surface area contributed by atoms with E-state index in [1.807, 2.05) is 0 Å². The highest BCUT2D eigenvalue weighted by atomic mass is 15.7. The van der Waals surface area contributed by atoms with Crippen molar-refractivity contribution in [1.29, 1.82) is 0 Å². The van der Waals surface area contributed by atoms with Crippen LogP contribution in [-0.2, 0) is 0 Å². The van der Waals surface area contributed by atoms with Crippen LogP contribution in [0.25, 0.3) is 0 Å². The summed E-state index contributed by atoms with van der Waals surface area (Å²) < 4.78 is 0. The monoisotopic (exact) mass is 130 g/mol. The summed E-state index contributed by atoms with van der Waals surface area (Å²) in [4.78, 5) is 3.87. The Morgan fingerprint density at radius 1 is 1.67 bits per heavy atom. The van der Waals surface area contributed by atoms with Gasteiger partial charge in [0.25, 0.3) is 0 Å². The molecule has 1 heterocycles. The molecule has 0 spiro atoms. The number of aliphatic imine (C=N–C) groups is 1. The Kier molecular flexibility index (Phi) is 1.96. The summed E-state index contributed by atoms with van der Waals surface area (Å²) in [6.07, 6.45) is 1.60. The fraction of sp³-hybridized carbons (Fsp3) is 0.667. The van der Waals surface area contributed by atoms with Crippen molar-refractivity contribution in [2.75, 3.05) is 13.3 Å². The standard InChI is InChI=1S/C3H10N6/c4-7-9-2-6-1-8(5)3-9/h2,7H,1,3-5H2. The van der Waals surface area contributed by atoms with Crippen molar-refractivity contribution < 1.29 is 0 Å². The predicted octanol–water partition coefficient (Wildman–Crippen LogP) is -2.20. The number of rotatable bonds is 1. The predicted molar refractivity (Wildman–Crippen MR) is 33.4 cm³/mol. The van der Waals surface area contributed by atoms with Crippen LogP contribution >= 0.6 is 0 Å². The summed E-state index contributed by atoms with van der Waals surface area (Å²) >= 11 is 0. The molecule has 1 aliphatic heterocycles. The van der Waals surface area contributed by atoms with Crippen molar-refractivity contribution in [3.63, 3.8) is 0 Å². The lowest BCUT2D eigenvalue weighted by atomic mass is 10.8. The van der Waals surface area contributed by atoms with E-state index in [2.05, 4.69) is 10.5 Å². The molecule has 0 bridgehead atoms. The molecule has 0 aromatic carbocycles. The molecule has 0 aliphatic carbocycles. The molecule has 1 aliphatic rings. The van der Waals surface area contributed by atoms with E-state index in [1.165, 1.54) is 5.01 Å². The maximum Gasteiger partial charge on any atom is 0.107 e. The zero-order valence-corrected chi connectivity index (χ0v) is 4.99. The van der Waals surface area contributed by atoms with Crippen molar-refractivity contribution in [3.05, 3.63) is 0 Å². The molecule has 6 nitrogen and oxygen atoms in total. The third-order valence-electron chi connectivity index (χ3n) is 0.984. The topological polar surface area (TPSA) is 82.9 Å². The van der Waals surface area contributed by atoms with Gasteiger partial charge in [-0.3, -0.25) is 21.7 Å². The SMILES string of the molecule is NNN1C=NCN(N)C1. The molecule has 1 rings (SSSR count). The quantitative estimate of drug-likeness (QED) is 0.277. The Labute approximate surface area is 53.0 Å². The molecular formula is C3H10N6. The molecule has 0 aromatic heterocycles. The summed E-state index contributed by atoms with van der Waals surface area (Å²) in [5.41, 5.74) is 2.40. The van der Waals surface area contributed by atoms with Crippen LogP contribution in [0, 0.1) is 0 Å². The molecule has 0 radical (unpaired) electrons. The summed E-state index contributed by atoms with van der Waals surface area (Å²) in [7, 11) is 0. The van der Waals surface area contributed by atoms with E-state index in [0.29, 0.717) is 13.3 Å². The number of nitrogens with two attached hydrogens (primary N) is 2. The van der Waals surface area contributed by atoms with Crippen LogP contribution in [0.5, 0.6) is 0 Å². The van der Waals surface area contributed by atoms with Crippen LogP contribution in [0.1, 0.15) is 0 Å². The lowest BCUT2D eigenvalue weighted by Gasteiger charge is -2.26. The molecule has 0 unspecified atom stereocenters. The number of hydrogen-bond donors (Lipinski definition) is 3. The number of hydrogen-bond acceptors (Lipinski definition) is 6. The van der Waals surface area contributed by atoms with Gasteiger partial charge in [0.2, 0.25) is 0 Å². The second-order valence-corrected chi connectivity index (χ2v) is 1.77. The smallest absolute Gasteiger partial charge is 0.107 e. The van der Waals surface area contributed by atoms with Gasteiger partial charge in [0.15, 0.2) is 0 Å². The van der Waals surface area contributed by atoms with E-state index in [1.54, 1.807) is 11.3 Å². The maximum absolute atomic E-state index is 5.38. The molecule has 52 valence electrons. The van der Waals surface area contributed by atoms with E-state index in [9.17, 15) is 0 Å². The van der Waals surface area contributed by atoms with Gasteiger partial charge in [-0.05, 0) is 0 Å². The molecule has 0 saturated carbocycles. The summed E-state index contributed by atoms with van der Waals surface area (Å²) in [5.74, 6) is 10.5. The molecule has 0 aromatic rings. The second kappa shape index (κ2) is 2.74. The molecule has 0 saturated heterocycles. The largest absolute Gasteiger partial charge is 0.269 e. The van der Waals surface area contributed by atoms with Crippen LogP contribution in [-0.4, -0.2) is 29.7 Å². The van der Waals surface area contributed by atoms with Gasteiger partial charge in [-0.1, -0.05) is 0 Å². The average molecular weight is 130 g/mol. The third-order valence-corrected chi connectivity index (χ3v) is 0.984. The molecule has 9 heavy (non-hydrogen) atoms. The molecule has 5 N–H and O–H groups in total.